The van der Waals surface area contributed by atoms with Crippen LogP contribution in [0.25, 0.3) is 11.3 Å². The number of rotatable bonds is 9. The summed E-state index contributed by atoms with van der Waals surface area (Å²) in [7, 11) is 0. The molecule has 2 rings (SSSR count). The minimum Gasteiger partial charge on any atom is -0.480 e. The van der Waals surface area contributed by atoms with E-state index in [2.05, 4.69) is 24.1 Å². The number of oxazole rings is 1. The summed E-state index contributed by atoms with van der Waals surface area (Å²) in [4.78, 5) is 37.9. The van der Waals surface area contributed by atoms with Gasteiger partial charge in [0.25, 0.3) is 0 Å². The lowest BCUT2D eigenvalue weighted by atomic mass is 10.0. The van der Waals surface area contributed by atoms with E-state index in [4.69, 9.17) is 15.3 Å². The number of primary amides is 1. The van der Waals surface area contributed by atoms with Crippen molar-refractivity contribution in [2.24, 2.45) is 5.73 Å². The SMILES string of the molecule is CC(C)c1ccc(-c2cnc(CCC(=O)NC(CC(N)=O)C(=O)O)o2)cc1. The molecule has 2 amide bonds. The molecule has 0 aliphatic rings. The number of nitrogens with two attached hydrogens (primary N) is 1. The van der Waals surface area contributed by atoms with E-state index in [1.54, 1.807) is 6.20 Å². The molecule has 0 bridgehead atoms. The van der Waals surface area contributed by atoms with Crippen LogP contribution < -0.4 is 11.1 Å². The highest BCUT2D eigenvalue weighted by molar-refractivity contribution is 5.88. The standard InChI is InChI=1S/C19H23N3O5/c1-11(2)12-3-5-13(6-4-12)15-10-21-18(27-15)8-7-17(24)22-14(19(25)26)9-16(20)23/h3-6,10-11,14H,7-9H2,1-2H3,(H2,20,23)(H,22,24)(H,25,26). The molecule has 1 aromatic heterocycles. The van der Waals surface area contributed by atoms with Gasteiger partial charge in [-0.3, -0.25) is 9.59 Å². The number of benzene rings is 1. The van der Waals surface area contributed by atoms with Crippen LogP contribution in [0.1, 0.15) is 44.1 Å². The van der Waals surface area contributed by atoms with Crippen LogP contribution in [-0.4, -0.2) is 33.9 Å². The number of aromatic nitrogens is 1. The van der Waals surface area contributed by atoms with Gasteiger partial charge in [-0.25, -0.2) is 9.78 Å². The Balaban J connectivity index is 1.92. The monoisotopic (exact) mass is 373 g/mol. The van der Waals surface area contributed by atoms with Gasteiger partial charge in [0.1, 0.15) is 6.04 Å². The molecule has 0 saturated heterocycles. The number of carboxylic acids is 1. The van der Waals surface area contributed by atoms with Crippen LogP contribution in [0.5, 0.6) is 0 Å². The minimum absolute atomic E-state index is 0.0191. The highest BCUT2D eigenvalue weighted by atomic mass is 16.4. The van der Waals surface area contributed by atoms with Crippen LogP contribution in [0.4, 0.5) is 0 Å². The first-order chi connectivity index (χ1) is 12.8. The number of aryl methyl sites for hydroxylation is 1. The Morgan fingerprint density at radius 3 is 2.44 bits per heavy atom. The fraction of sp³-hybridized carbons (Fsp3) is 0.368. The van der Waals surface area contributed by atoms with E-state index in [9.17, 15) is 14.4 Å². The Morgan fingerprint density at radius 1 is 1.22 bits per heavy atom. The van der Waals surface area contributed by atoms with Crippen molar-refractivity contribution in [3.05, 3.63) is 41.9 Å². The fourth-order valence-corrected chi connectivity index (χ4v) is 2.48. The summed E-state index contributed by atoms with van der Waals surface area (Å²) < 4.78 is 5.66. The van der Waals surface area contributed by atoms with Crippen LogP contribution in [0.2, 0.25) is 0 Å². The van der Waals surface area contributed by atoms with Crippen molar-refractivity contribution in [2.75, 3.05) is 0 Å². The largest absolute Gasteiger partial charge is 0.480 e. The van der Waals surface area contributed by atoms with E-state index in [0.717, 1.165) is 5.56 Å². The van der Waals surface area contributed by atoms with Gasteiger partial charge in [-0.05, 0) is 11.5 Å². The van der Waals surface area contributed by atoms with E-state index in [1.807, 2.05) is 24.3 Å². The quantitative estimate of drug-likeness (QED) is 0.614. The lowest BCUT2D eigenvalue weighted by molar-refractivity contribution is -0.143. The van der Waals surface area contributed by atoms with Gasteiger partial charge in [-0.15, -0.1) is 0 Å². The van der Waals surface area contributed by atoms with Crippen LogP contribution in [-0.2, 0) is 20.8 Å². The third-order valence-electron chi connectivity index (χ3n) is 4.02. The molecular formula is C19H23N3O5. The van der Waals surface area contributed by atoms with E-state index < -0.39 is 30.2 Å². The molecule has 2 aromatic rings. The molecule has 144 valence electrons. The normalized spacial score (nSPS) is 12.0. The molecule has 27 heavy (non-hydrogen) atoms. The summed E-state index contributed by atoms with van der Waals surface area (Å²) in [6.45, 7) is 4.23. The van der Waals surface area contributed by atoms with Crippen molar-refractivity contribution in [3.8, 4) is 11.3 Å². The molecule has 4 N–H and O–H groups in total. The van der Waals surface area contributed by atoms with Gasteiger partial charge < -0.3 is 20.6 Å². The van der Waals surface area contributed by atoms with E-state index in [-0.39, 0.29) is 12.8 Å². The summed E-state index contributed by atoms with van der Waals surface area (Å²) in [6, 6.07) is 6.62. The van der Waals surface area contributed by atoms with Crippen molar-refractivity contribution in [1.29, 1.82) is 0 Å². The van der Waals surface area contributed by atoms with Crippen LogP contribution in [0, 0.1) is 0 Å². The maximum atomic E-state index is 11.9. The molecular weight excluding hydrogens is 350 g/mol. The Kier molecular flexibility index (Phi) is 6.70. The summed E-state index contributed by atoms with van der Waals surface area (Å²) in [5.74, 6) is -1.24. The summed E-state index contributed by atoms with van der Waals surface area (Å²) >= 11 is 0. The first kappa shape index (κ1) is 20.2. The molecule has 0 saturated carbocycles. The van der Waals surface area contributed by atoms with Crippen molar-refractivity contribution < 1.29 is 23.9 Å². The fourth-order valence-electron chi connectivity index (χ4n) is 2.48. The van der Waals surface area contributed by atoms with Gasteiger partial charge in [-0.1, -0.05) is 38.1 Å². The van der Waals surface area contributed by atoms with Crippen molar-refractivity contribution in [2.45, 2.75) is 45.1 Å². The van der Waals surface area contributed by atoms with E-state index in [0.29, 0.717) is 17.6 Å². The number of nitrogens with zero attached hydrogens (tertiary/aromatic N) is 1. The molecule has 0 aliphatic carbocycles. The maximum absolute atomic E-state index is 11.9. The Morgan fingerprint density at radius 2 is 1.89 bits per heavy atom. The summed E-state index contributed by atoms with van der Waals surface area (Å²) in [5, 5.41) is 11.3. The Bertz CT molecular complexity index is 811. The zero-order valence-corrected chi connectivity index (χ0v) is 15.3. The smallest absolute Gasteiger partial charge is 0.326 e. The number of nitrogens with one attached hydrogen (secondary N) is 1. The topological polar surface area (TPSA) is 136 Å². The predicted octanol–water partition coefficient (Wildman–Crippen LogP) is 1.84. The summed E-state index contributed by atoms with van der Waals surface area (Å²) in [6.07, 6.45) is 1.31. The van der Waals surface area contributed by atoms with Gasteiger partial charge >= 0.3 is 5.97 Å². The number of amides is 2. The predicted molar refractivity (Wildman–Crippen MR) is 97.7 cm³/mol. The second kappa shape index (κ2) is 8.98. The number of hydrogen-bond donors (Lipinski definition) is 3. The number of carbonyl (C=O) groups is 3. The average molecular weight is 373 g/mol. The van der Waals surface area contributed by atoms with E-state index >= 15 is 0 Å². The van der Waals surface area contributed by atoms with Crippen LogP contribution in [0.3, 0.4) is 0 Å². The lowest BCUT2D eigenvalue weighted by Crippen LogP contribution is -2.43. The first-order valence-electron chi connectivity index (χ1n) is 8.61. The molecule has 0 fully saturated rings. The highest BCUT2D eigenvalue weighted by Gasteiger charge is 2.22. The zero-order valence-electron chi connectivity index (χ0n) is 15.3. The number of carbonyl (C=O) groups excluding carboxylic acids is 2. The zero-order chi connectivity index (χ0) is 20.0. The van der Waals surface area contributed by atoms with Crippen LogP contribution in [0.15, 0.2) is 34.9 Å². The molecule has 8 nitrogen and oxygen atoms in total. The third-order valence-corrected chi connectivity index (χ3v) is 4.02. The molecule has 0 spiro atoms. The molecule has 1 heterocycles. The molecule has 0 aliphatic heterocycles. The molecule has 1 aromatic carbocycles. The van der Waals surface area contributed by atoms with Gasteiger partial charge in [0.15, 0.2) is 11.7 Å². The molecule has 1 atom stereocenters. The van der Waals surface area contributed by atoms with Gasteiger partial charge in [0.05, 0.1) is 12.6 Å². The van der Waals surface area contributed by atoms with E-state index in [1.165, 1.54) is 5.56 Å². The minimum atomic E-state index is -1.34. The second-order valence-corrected chi connectivity index (χ2v) is 6.52. The maximum Gasteiger partial charge on any atom is 0.326 e. The highest BCUT2D eigenvalue weighted by Crippen LogP contribution is 2.23. The summed E-state index contributed by atoms with van der Waals surface area (Å²) in [5.41, 5.74) is 7.08. The number of hydrogen-bond acceptors (Lipinski definition) is 5. The van der Waals surface area contributed by atoms with Crippen LogP contribution >= 0.6 is 0 Å². The van der Waals surface area contributed by atoms with Crippen molar-refractivity contribution >= 4 is 17.8 Å². The average Bonchev–Trinajstić information content (AvgIpc) is 3.08. The molecule has 8 heteroatoms. The lowest BCUT2D eigenvalue weighted by Gasteiger charge is -2.12. The Labute approximate surface area is 156 Å². The van der Waals surface area contributed by atoms with Gasteiger partial charge in [0, 0.05) is 18.4 Å². The number of carboxylic acid groups (broad SMARTS) is 1. The van der Waals surface area contributed by atoms with Crippen molar-refractivity contribution in [3.63, 3.8) is 0 Å². The van der Waals surface area contributed by atoms with Gasteiger partial charge in [0.2, 0.25) is 11.8 Å². The molecule has 1 unspecified atom stereocenters. The Hall–Kier alpha value is -3.16. The third kappa shape index (κ3) is 5.95. The first-order valence-corrected chi connectivity index (χ1v) is 8.61. The molecule has 0 radical (unpaired) electrons. The second-order valence-electron chi connectivity index (χ2n) is 6.52. The van der Waals surface area contributed by atoms with Crippen molar-refractivity contribution in [1.82, 2.24) is 10.3 Å². The van der Waals surface area contributed by atoms with Gasteiger partial charge in [-0.2, -0.15) is 0 Å². The number of aliphatic carboxylic acids is 1.